The Morgan fingerprint density at radius 3 is 2.32 bits per heavy atom. The summed E-state index contributed by atoms with van der Waals surface area (Å²) < 4.78 is 26.7. The number of nitrogens with zero attached hydrogens (tertiary/aromatic N) is 3. The average Bonchev–Trinajstić information content (AvgIpc) is 2.90. The molecule has 0 aromatic heterocycles. The van der Waals surface area contributed by atoms with E-state index in [0.717, 1.165) is 22.2 Å². The van der Waals surface area contributed by atoms with Gasteiger partial charge in [-0.05, 0) is 42.7 Å². The van der Waals surface area contributed by atoms with Gasteiger partial charge >= 0.3 is 0 Å². The average molecular weight is 622 g/mol. The highest BCUT2D eigenvalue weighted by Gasteiger charge is 2.34. The summed E-state index contributed by atoms with van der Waals surface area (Å²) in [6, 6.07) is 16.5. The van der Waals surface area contributed by atoms with Gasteiger partial charge < -0.3 is 10.2 Å². The van der Waals surface area contributed by atoms with E-state index in [1.54, 1.807) is 26.0 Å². The van der Waals surface area contributed by atoms with Crippen LogP contribution in [0.15, 0.2) is 66.7 Å². The van der Waals surface area contributed by atoms with Gasteiger partial charge in [0.15, 0.2) is 0 Å². The fourth-order valence-electron chi connectivity index (χ4n) is 4.25. The summed E-state index contributed by atoms with van der Waals surface area (Å²) >= 11 is 12.5. The van der Waals surface area contributed by atoms with Crippen LogP contribution in [0, 0.1) is 17.0 Å². The van der Waals surface area contributed by atoms with Crippen molar-refractivity contribution < 1.29 is 22.9 Å². The second-order valence-corrected chi connectivity index (χ2v) is 12.1. The van der Waals surface area contributed by atoms with E-state index in [9.17, 15) is 28.1 Å². The Balaban J connectivity index is 2.12. The number of non-ortho nitro benzene ring substituents is 1. The molecule has 3 aromatic rings. The first-order valence-corrected chi connectivity index (χ1v) is 15.2. The number of carbonyl (C=O) groups is 2. The monoisotopic (exact) mass is 620 g/mol. The molecule has 218 valence electrons. The molecule has 0 saturated carbocycles. The van der Waals surface area contributed by atoms with Crippen LogP contribution < -0.4 is 9.62 Å². The molecule has 41 heavy (non-hydrogen) atoms. The lowest BCUT2D eigenvalue weighted by Gasteiger charge is -2.34. The maximum Gasteiger partial charge on any atom is 0.271 e. The number of amides is 2. The zero-order valence-corrected chi connectivity index (χ0v) is 25.0. The molecule has 0 spiro atoms. The number of likely N-dealkylation sites (N-methyl/N-ethyl adjacent to an activating group) is 1. The maximum atomic E-state index is 14.1. The van der Waals surface area contributed by atoms with E-state index >= 15 is 0 Å². The minimum atomic E-state index is -4.09. The van der Waals surface area contributed by atoms with E-state index in [0.29, 0.717) is 22.7 Å². The van der Waals surface area contributed by atoms with Crippen molar-refractivity contribution in [1.29, 1.82) is 0 Å². The molecule has 2 amide bonds. The molecule has 10 nitrogen and oxygen atoms in total. The summed E-state index contributed by atoms with van der Waals surface area (Å²) in [6.07, 6.45) is 1.04. The van der Waals surface area contributed by atoms with E-state index in [4.69, 9.17) is 23.2 Å². The molecular formula is C28H30Cl2N4O6S. The molecule has 1 N–H and O–H groups in total. The van der Waals surface area contributed by atoms with Gasteiger partial charge in [0, 0.05) is 41.7 Å². The number of carbonyl (C=O) groups excluding carboxylic acids is 2. The third-order valence-electron chi connectivity index (χ3n) is 6.33. The smallest absolute Gasteiger partial charge is 0.271 e. The van der Waals surface area contributed by atoms with Crippen LogP contribution in [0.3, 0.4) is 0 Å². The van der Waals surface area contributed by atoms with Crippen LogP contribution in [0.2, 0.25) is 10.0 Å². The lowest BCUT2D eigenvalue weighted by Crippen LogP contribution is -2.53. The van der Waals surface area contributed by atoms with Gasteiger partial charge in [-0.3, -0.25) is 24.0 Å². The molecule has 0 aliphatic carbocycles. The Hall–Kier alpha value is -3.67. The van der Waals surface area contributed by atoms with E-state index in [2.05, 4.69) is 5.32 Å². The SMILES string of the molecule is CCNC(=O)[C@H](Cc1ccccc1)N(Cc1ccc(Cl)cc1Cl)C(=O)CN(c1cc([N+](=O)[O-])ccc1C)S(C)(=O)=O. The number of anilines is 1. The molecule has 3 aromatic carbocycles. The molecule has 3 rings (SSSR count). The Kier molecular flexibility index (Phi) is 10.7. The fraction of sp³-hybridized carbons (Fsp3) is 0.286. The highest BCUT2D eigenvalue weighted by molar-refractivity contribution is 7.92. The molecule has 0 aliphatic heterocycles. The topological polar surface area (TPSA) is 130 Å². The standard InChI is InChI=1S/C28H30Cl2N4O6S/c1-4-31-28(36)26(14-20-8-6-5-7-9-20)32(17-21-11-12-22(29)15-24(21)30)27(35)18-33(41(3,39)40)25-16-23(34(37)38)13-10-19(25)2/h5-13,15-16,26H,4,14,17-18H2,1-3H3,(H,31,36)/t26-/m0/s1. The molecule has 0 unspecified atom stereocenters. The first kappa shape index (κ1) is 31.9. The Labute approximate surface area is 249 Å². The molecule has 0 saturated heterocycles. The van der Waals surface area contributed by atoms with Gasteiger partial charge in [0.05, 0.1) is 16.9 Å². The Morgan fingerprint density at radius 1 is 1.05 bits per heavy atom. The minimum absolute atomic E-state index is 0.0165. The number of hydrogen-bond donors (Lipinski definition) is 1. The quantitative estimate of drug-likeness (QED) is 0.230. The van der Waals surface area contributed by atoms with E-state index in [1.807, 2.05) is 30.3 Å². The largest absolute Gasteiger partial charge is 0.355 e. The lowest BCUT2D eigenvalue weighted by atomic mass is 10.0. The van der Waals surface area contributed by atoms with Gasteiger partial charge in [-0.2, -0.15) is 0 Å². The lowest BCUT2D eigenvalue weighted by molar-refractivity contribution is -0.384. The first-order chi connectivity index (χ1) is 19.3. The van der Waals surface area contributed by atoms with Crippen LogP contribution in [0.4, 0.5) is 11.4 Å². The normalized spacial score (nSPS) is 11.9. The number of benzene rings is 3. The number of halogens is 2. The summed E-state index contributed by atoms with van der Waals surface area (Å²) in [5, 5.41) is 14.8. The van der Waals surface area contributed by atoms with Crippen LogP contribution in [0.1, 0.15) is 23.6 Å². The summed E-state index contributed by atoms with van der Waals surface area (Å²) in [6.45, 7) is 2.79. The van der Waals surface area contributed by atoms with Crippen LogP contribution in [0.5, 0.6) is 0 Å². The number of nitro groups is 1. The highest BCUT2D eigenvalue weighted by Crippen LogP contribution is 2.29. The summed E-state index contributed by atoms with van der Waals surface area (Å²) in [4.78, 5) is 39.5. The molecule has 0 bridgehead atoms. The zero-order chi connectivity index (χ0) is 30.3. The molecule has 0 aliphatic rings. The van der Waals surface area contributed by atoms with E-state index in [1.165, 1.54) is 23.1 Å². The van der Waals surface area contributed by atoms with Gasteiger partial charge in [-0.15, -0.1) is 0 Å². The van der Waals surface area contributed by atoms with Crippen molar-refractivity contribution in [3.8, 4) is 0 Å². The van der Waals surface area contributed by atoms with Gasteiger partial charge in [0.25, 0.3) is 5.69 Å². The summed E-state index contributed by atoms with van der Waals surface area (Å²) in [5.74, 6) is -1.15. The van der Waals surface area contributed by atoms with Crippen molar-refractivity contribution in [2.75, 3.05) is 23.7 Å². The second-order valence-electron chi connectivity index (χ2n) is 9.36. The molecular weight excluding hydrogens is 591 g/mol. The van der Waals surface area contributed by atoms with Crippen molar-refractivity contribution in [2.45, 2.75) is 32.9 Å². The molecule has 0 radical (unpaired) electrons. The number of nitro benzene ring substituents is 1. The predicted octanol–water partition coefficient (Wildman–Crippen LogP) is 4.75. The third-order valence-corrected chi connectivity index (χ3v) is 8.04. The number of nitrogens with one attached hydrogen (secondary N) is 1. The minimum Gasteiger partial charge on any atom is -0.355 e. The van der Waals surface area contributed by atoms with Gasteiger partial charge in [0.1, 0.15) is 12.6 Å². The van der Waals surface area contributed by atoms with Crippen LogP contribution in [-0.4, -0.2) is 55.4 Å². The van der Waals surface area contributed by atoms with E-state index < -0.39 is 39.3 Å². The predicted molar refractivity (Wildman–Crippen MR) is 160 cm³/mol. The molecule has 1 atom stereocenters. The van der Waals surface area contributed by atoms with Crippen molar-refractivity contribution >= 4 is 56.4 Å². The Bertz CT molecular complexity index is 1540. The second kappa shape index (κ2) is 13.8. The van der Waals surface area contributed by atoms with Crippen molar-refractivity contribution in [3.05, 3.63) is 104 Å². The van der Waals surface area contributed by atoms with E-state index in [-0.39, 0.29) is 29.4 Å². The number of aryl methyl sites for hydroxylation is 1. The van der Waals surface area contributed by atoms with Gasteiger partial charge in [-0.1, -0.05) is 65.7 Å². The fourth-order valence-corrected chi connectivity index (χ4v) is 5.62. The zero-order valence-electron chi connectivity index (χ0n) is 22.7. The summed E-state index contributed by atoms with van der Waals surface area (Å²) in [7, 11) is -4.09. The molecule has 0 heterocycles. The number of sulfonamides is 1. The van der Waals surface area contributed by atoms with Crippen molar-refractivity contribution in [3.63, 3.8) is 0 Å². The van der Waals surface area contributed by atoms with Crippen LogP contribution in [0.25, 0.3) is 0 Å². The maximum absolute atomic E-state index is 14.1. The van der Waals surface area contributed by atoms with Crippen molar-refractivity contribution in [1.82, 2.24) is 10.2 Å². The number of hydrogen-bond acceptors (Lipinski definition) is 6. The third kappa shape index (κ3) is 8.42. The summed E-state index contributed by atoms with van der Waals surface area (Å²) in [5.41, 5.74) is 1.33. The van der Waals surface area contributed by atoms with Gasteiger partial charge in [0.2, 0.25) is 21.8 Å². The first-order valence-electron chi connectivity index (χ1n) is 12.6. The number of rotatable bonds is 12. The molecule has 13 heteroatoms. The van der Waals surface area contributed by atoms with Crippen LogP contribution in [-0.2, 0) is 32.6 Å². The highest BCUT2D eigenvalue weighted by atomic mass is 35.5. The van der Waals surface area contributed by atoms with Gasteiger partial charge in [-0.25, -0.2) is 8.42 Å². The Morgan fingerprint density at radius 2 is 1.73 bits per heavy atom. The molecule has 0 fully saturated rings. The van der Waals surface area contributed by atoms with Crippen molar-refractivity contribution in [2.24, 2.45) is 0 Å². The van der Waals surface area contributed by atoms with Crippen LogP contribution >= 0.6 is 23.2 Å².